The molecule has 3 N–H and O–H groups in total. The molecule has 7 nitrogen and oxygen atoms in total. The predicted molar refractivity (Wildman–Crippen MR) is 97.3 cm³/mol. The van der Waals surface area contributed by atoms with Gasteiger partial charge in [0.2, 0.25) is 0 Å². The van der Waals surface area contributed by atoms with Gasteiger partial charge in [-0.3, -0.25) is 4.79 Å². The van der Waals surface area contributed by atoms with E-state index in [0.717, 1.165) is 10.2 Å². The molecule has 1 heterocycles. The van der Waals surface area contributed by atoms with Crippen molar-refractivity contribution in [2.24, 2.45) is 0 Å². The topological polar surface area (TPSA) is 104 Å². The third-order valence-electron chi connectivity index (χ3n) is 3.50. The van der Waals surface area contributed by atoms with Crippen LogP contribution in [0.5, 0.6) is 0 Å². The second-order valence-corrected chi connectivity index (χ2v) is 6.52. The first-order valence-corrected chi connectivity index (χ1v) is 8.56. The van der Waals surface area contributed by atoms with Crippen LogP contribution in [0.15, 0.2) is 41.3 Å². The number of benzene rings is 1. The second kappa shape index (κ2) is 9.12. The summed E-state index contributed by atoms with van der Waals surface area (Å²) in [5.41, 5.74) is 1.34. The van der Waals surface area contributed by atoms with Crippen molar-refractivity contribution >= 4 is 39.2 Å². The minimum Gasteiger partial charge on any atom is -0.348 e. The molecule has 1 aromatic heterocycles. The van der Waals surface area contributed by atoms with Gasteiger partial charge in [-0.2, -0.15) is 0 Å². The van der Waals surface area contributed by atoms with Gasteiger partial charge < -0.3 is 20.4 Å². The summed E-state index contributed by atoms with van der Waals surface area (Å²) in [7, 11) is 0. The van der Waals surface area contributed by atoms with E-state index >= 15 is 0 Å². The predicted octanol–water partition coefficient (Wildman–Crippen LogP) is 2.84. The van der Waals surface area contributed by atoms with Crippen molar-refractivity contribution in [2.45, 2.75) is 32.2 Å². The molecule has 0 spiro atoms. The van der Waals surface area contributed by atoms with Crippen LogP contribution in [0.25, 0.3) is 0 Å². The maximum atomic E-state index is 12.4. The third-order valence-corrected chi connectivity index (χ3v) is 4.03. The van der Waals surface area contributed by atoms with E-state index in [0.29, 0.717) is 5.69 Å². The number of ketones is 2. The van der Waals surface area contributed by atoms with Gasteiger partial charge in [0.05, 0.1) is 12.4 Å². The summed E-state index contributed by atoms with van der Waals surface area (Å²) >= 11 is 3.32. The molecular weight excluding hydrogens is 388 g/mol. The maximum absolute atomic E-state index is 12.4. The zero-order chi connectivity index (χ0) is 18.2. The lowest BCUT2D eigenvalue weighted by Gasteiger charge is -2.17. The van der Waals surface area contributed by atoms with Crippen molar-refractivity contribution in [1.82, 2.24) is 15.3 Å². The highest BCUT2D eigenvalue weighted by molar-refractivity contribution is 9.10. The lowest BCUT2D eigenvalue weighted by Crippen LogP contribution is -2.44. The summed E-state index contributed by atoms with van der Waals surface area (Å²) in [6.07, 6.45) is 3.64. The van der Waals surface area contributed by atoms with E-state index in [2.05, 4.69) is 36.5 Å². The van der Waals surface area contributed by atoms with Gasteiger partial charge in [-0.05, 0) is 31.2 Å². The quantitative estimate of drug-likeness (QED) is 0.626. The molecule has 0 bridgehead atoms. The molecule has 0 saturated carbocycles. The van der Waals surface area contributed by atoms with Gasteiger partial charge in [-0.25, -0.2) is 9.78 Å². The minimum absolute atomic E-state index is 0.0621. The highest BCUT2D eigenvalue weighted by atomic mass is 79.9. The first kappa shape index (κ1) is 18.9. The molecular formula is C17H19BrN4O3. The number of carbonyl (C=O) groups is 3. The largest absolute Gasteiger partial charge is 0.348 e. The Kier molecular flexibility index (Phi) is 6.88. The monoisotopic (exact) mass is 406 g/mol. The Bertz CT molecular complexity index is 729. The van der Waals surface area contributed by atoms with Crippen LogP contribution in [0.3, 0.4) is 0 Å². The van der Waals surface area contributed by atoms with E-state index in [1.165, 1.54) is 13.3 Å². The number of amides is 2. The van der Waals surface area contributed by atoms with E-state index in [1.807, 2.05) is 0 Å². The number of aromatic amines is 1. The molecule has 8 heteroatoms. The minimum atomic E-state index is -0.741. The van der Waals surface area contributed by atoms with E-state index in [1.54, 1.807) is 30.5 Å². The van der Waals surface area contributed by atoms with Crippen LogP contribution in [0.2, 0.25) is 0 Å². The molecule has 1 atom stereocenters. The summed E-state index contributed by atoms with van der Waals surface area (Å²) in [5.74, 6) is -0.260. The van der Waals surface area contributed by atoms with Crippen LogP contribution >= 0.6 is 15.9 Å². The average Bonchev–Trinajstić information content (AvgIpc) is 3.07. The molecule has 2 aromatic rings. The Morgan fingerprint density at radius 3 is 2.52 bits per heavy atom. The summed E-state index contributed by atoms with van der Waals surface area (Å²) in [4.78, 5) is 42.5. The number of halogens is 1. The lowest BCUT2D eigenvalue weighted by molar-refractivity contribution is -0.124. The van der Waals surface area contributed by atoms with E-state index < -0.39 is 12.1 Å². The number of nitrogens with zero attached hydrogens (tertiary/aromatic N) is 1. The molecule has 1 unspecified atom stereocenters. The number of anilines is 1. The summed E-state index contributed by atoms with van der Waals surface area (Å²) < 4.78 is 0.898. The Morgan fingerprint density at radius 2 is 1.92 bits per heavy atom. The van der Waals surface area contributed by atoms with Gasteiger partial charge in [-0.1, -0.05) is 15.9 Å². The molecule has 0 aliphatic heterocycles. The third kappa shape index (κ3) is 6.50. The molecule has 0 aliphatic rings. The number of imidazole rings is 1. The molecule has 0 saturated heterocycles. The van der Waals surface area contributed by atoms with Crippen LogP contribution in [0.1, 0.15) is 25.5 Å². The Labute approximate surface area is 153 Å². The van der Waals surface area contributed by atoms with Crippen molar-refractivity contribution in [2.75, 3.05) is 5.32 Å². The van der Waals surface area contributed by atoms with Crippen LogP contribution in [0, 0.1) is 0 Å². The van der Waals surface area contributed by atoms with Crippen molar-refractivity contribution in [1.29, 1.82) is 0 Å². The summed E-state index contributed by atoms with van der Waals surface area (Å²) in [6, 6.07) is 5.86. The van der Waals surface area contributed by atoms with Crippen molar-refractivity contribution in [3.63, 3.8) is 0 Å². The van der Waals surface area contributed by atoms with Gasteiger partial charge in [0.1, 0.15) is 5.78 Å². The van der Waals surface area contributed by atoms with Crippen molar-refractivity contribution < 1.29 is 14.4 Å². The highest BCUT2D eigenvalue weighted by Crippen LogP contribution is 2.14. The lowest BCUT2D eigenvalue weighted by atomic mass is 10.0. The number of nitrogens with one attached hydrogen (secondary N) is 3. The van der Waals surface area contributed by atoms with Crippen LogP contribution in [-0.2, 0) is 16.0 Å². The van der Waals surface area contributed by atoms with E-state index in [-0.39, 0.29) is 30.8 Å². The van der Waals surface area contributed by atoms with Crippen LogP contribution in [0.4, 0.5) is 10.5 Å². The normalized spacial score (nSPS) is 11.6. The molecule has 132 valence electrons. The molecule has 0 aliphatic carbocycles. The van der Waals surface area contributed by atoms with Gasteiger partial charge in [-0.15, -0.1) is 0 Å². The Morgan fingerprint density at radius 1 is 1.20 bits per heavy atom. The number of aromatic nitrogens is 2. The molecule has 1 aromatic carbocycles. The van der Waals surface area contributed by atoms with Crippen molar-refractivity contribution in [3.05, 3.63) is 47.0 Å². The number of rotatable bonds is 8. The Hall–Kier alpha value is -2.48. The smallest absolute Gasteiger partial charge is 0.319 e. The van der Waals surface area contributed by atoms with Gasteiger partial charge in [0.25, 0.3) is 0 Å². The average molecular weight is 407 g/mol. The van der Waals surface area contributed by atoms with Crippen LogP contribution < -0.4 is 10.6 Å². The zero-order valence-electron chi connectivity index (χ0n) is 13.7. The van der Waals surface area contributed by atoms with Gasteiger partial charge in [0.15, 0.2) is 5.78 Å². The van der Waals surface area contributed by atoms with E-state index in [9.17, 15) is 14.4 Å². The molecule has 2 rings (SSSR count). The Balaban J connectivity index is 2.00. The summed E-state index contributed by atoms with van der Waals surface area (Å²) in [5, 5.41) is 5.35. The number of hydrogen-bond acceptors (Lipinski definition) is 4. The van der Waals surface area contributed by atoms with Gasteiger partial charge in [0, 0.05) is 41.3 Å². The standard InChI is InChI=1S/C17H19BrN4O3/c1-11(23)2-7-16(24)15(8-14-9-19-10-20-14)22-17(25)21-13-5-3-12(18)4-6-13/h3-6,9-10,15H,2,7-8H2,1H3,(H,19,20)(H2,21,22,25). The van der Waals surface area contributed by atoms with Crippen molar-refractivity contribution in [3.8, 4) is 0 Å². The number of H-pyrrole nitrogens is 1. The molecule has 25 heavy (non-hydrogen) atoms. The number of hydrogen-bond donors (Lipinski definition) is 3. The first-order valence-electron chi connectivity index (χ1n) is 7.76. The number of carbonyl (C=O) groups excluding carboxylic acids is 3. The molecule has 0 radical (unpaired) electrons. The molecule has 2 amide bonds. The second-order valence-electron chi connectivity index (χ2n) is 5.61. The van der Waals surface area contributed by atoms with Gasteiger partial charge >= 0.3 is 6.03 Å². The number of Topliss-reactive ketones (excluding diaryl/α,β-unsaturated/α-hetero) is 2. The zero-order valence-corrected chi connectivity index (χ0v) is 15.3. The van der Waals surface area contributed by atoms with E-state index in [4.69, 9.17) is 0 Å². The number of urea groups is 1. The van der Waals surface area contributed by atoms with Crippen LogP contribution in [-0.4, -0.2) is 33.6 Å². The fourth-order valence-electron chi connectivity index (χ4n) is 2.19. The summed E-state index contributed by atoms with van der Waals surface area (Å²) in [6.45, 7) is 1.44. The first-order chi connectivity index (χ1) is 11.9. The SMILES string of the molecule is CC(=O)CCC(=O)C(Cc1cnc[nH]1)NC(=O)Nc1ccc(Br)cc1. The fourth-order valence-corrected chi connectivity index (χ4v) is 2.46. The molecule has 0 fully saturated rings. The maximum Gasteiger partial charge on any atom is 0.319 e. The fraction of sp³-hybridized carbons (Fsp3) is 0.294. The highest BCUT2D eigenvalue weighted by Gasteiger charge is 2.22.